The summed E-state index contributed by atoms with van der Waals surface area (Å²) in [6, 6.07) is 11.6. The first kappa shape index (κ1) is 12.8. The Bertz CT molecular complexity index is 566. The van der Waals surface area contributed by atoms with Gasteiger partial charge in [0, 0.05) is 6.07 Å². The summed E-state index contributed by atoms with van der Waals surface area (Å²) in [6.45, 7) is 4.06. The molecule has 2 aromatic carbocycles. The molecule has 0 atom stereocenters. The Morgan fingerprint density at radius 2 is 1.89 bits per heavy atom. The SMILES string of the molecule is CCc1ccccc1Oc1cc(Cl)c(N)cc1C. The van der Waals surface area contributed by atoms with Crippen molar-refractivity contribution in [2.45, 2.75) is 20.3 Å². The Morgan fingerprint density at radius 3 is 2.61 bits per heavy atom. The summed E-state index contributed by atoms with van der Waals surface area (Å²) in [7, 11) is 0. The molecule has 0 bridgehead atoms. The minimum Gasteiger partial charge on any atom is -0.457 e. The van der Waals surface area contributed by atoms with E-state index in [1.54, 1.807) is 6.07 Å². The molecule has 0 radical (unpaired) electrons. The van der Waals surface area contributed by atoms with E-state index in [1.165, 1.54) is 5.56 Å². The van der Waals surface area contributed by atoms with Crippen LogP contribution in [0.15, 0.2) is 36.4 Å². The second-order valence-electron chi connectivity index (χ2n) is 4.20. The maximum Gasteiger partial charge on any atom is 0.131 e. The smallest absolute Gasteiger partial charge is 0.131 e. The highest BCUT2D eigenvalue weighted by molar-refractivity contribution is 6.33. The summed E-state index contributed by atoms with van der Waals surface area (Å²) in [5, 5.41) is 0.518. The standard InChI is InChI=1S/C15H16ClNO/c1-3-11-6-4-5-7-14(11)18-15-9-12(16)13(17)8-10(15)2/h4-9H,3,17H2,1-2H3. The lowest BCUT2D eigenvalue weighted by Gasteiger charge is -2.13. The molecule has 2 rings (SSSR count). The van der Waals surface area contributed by atoms with Gasteiger partial charge in [-0.25, -0.2) is 0 Å². The molecule has 0 fully saturated rings. The van der Waals surface area contributed by atoms with Crippen molar-refractivity contribution in [2.75, 3.05) is 5.73 Å². The van der Waals surface area contributed by atoms with E-state index >= 15 is 0 Å². The molecule has 0 heterocycles. The molecule has 0 saturated heterocycles. The molecule has 0 aliphatic heterocycles. The molecular weight excluding hydrogens is 246 g/mol. The zero-order valence-corrected chi connectivity index (χ0v) is 11.3. The zero-order chi connectivity index (χ0) is 13.1. The molecule has 18 heavy (non-hydrogen) atoms. The number of benzene rings is 2. The van der Waals surface area contributed by atoms with Crippen molar-refractivity contribution in [1.29, 1.82) is 0 Å². The van der Waals surface area contributed by atoms with Gasteiger partial charge < -0.3 is 10.5 Å². The van der Waals surface area contributed by atoms with Crippen LogP contribution in [0.2, 0.25) is 5.02 Å². The van der Waals surface area contributed by atoms with Crippen LogP contribution in [-0.2, 0) is 6.42 Å². The van der Waals surface area contributed by atoms with Crippen LogP contribution >= 0.6 is 11.6 Å². The number of halogens is 1. The van der Waals surface area contributed by atoms with E-state index in [9.17, 15) is 0 Å². The third-order valence-electron chi connectivity index (χ3n) is 2.87. The van der Waals surface area contributed by atoms with Gasteiger partial charge >= 0.3 is 0 Å². The van der Waals surface area contributed by atoms with Crippen molar-refractivity contribution in [3.8, 4) is 11.5 Å². The van der Waals surface area contributed by atoms with Gasteiger partial charge in [0.15, 0.2) is 0 Å². The second-order valence-corrected chi connectivity index (χ2v) is 4.61. The summed E-state index contributed by atoms with van der Waals surface area (Å²) in [5.41, 5.74) is 8.47. The Morgan fingerprint density at radius 1 is 1.17 bits per heavy atom. The average molecular weight is 262 g/mol. The summed E-state index contributed by atoms with van der Waals surface area (Å²) in [6.07, 6.45) is 0.928. The number of anilines is 1. The fraction of sp³-hybridized carbons (Fsp3) is 0.200. The van der Waals surface area contributed by atoms with E-state index in [2.05, 4.69) is 13.0 Å². The largest absolute Gasteiger partial charge is 0.457 e. The Hall–Kier alpha value is -1.67. The third kappa shape index (κ3) is 2.59. The van der Waals surface area contributed by atoms with Crippen molar-refractivity contribution in [3.63, 3.8) is 0 Å². The fourth-order valence-electron chi connectivity index (χ4n) is 1.81. The van der Waals surface area contributed by atoms with Crippen LogP contribution in [0.3, 0.4) is 0 Å². The molecule has 2 nitrogen and oxygen atoms in total. The molecule has 0 spiro atoms. The van der Waals surface area contributed by atoms with Gasteiger partial charge in [0.25, 0.3) is 0 Å². The minimum atomic E-state index is 0.518. The van der Waals surface area contributed by atoms with E-state index in [0.717, 1.165) is 23.5 Å². The van der Waals surface area contributed by atoms with Crippen LogP contribution in [0, 0.1) is 6.92 Å². The molecule has 0 aliphatic rings. The molecule has 0 aliphatic carbocycles. The Labute approximate surface area is 112 Å². The van der Waals surface area contributed by atoms with E-state index in [1.807, 2.05) is 31.2 Å². The first-order chi connectivity index (χ1) is 8.61. The van der Waals surface area contributed by atoms with Crippen molar-refractivity contribution in [3.05, 3.63) is 52.5 Å². The van der Waals surface area contributed by atoms with Gasteiger partial charge in [-0.2, -0.15) is 0 Å². The van der Waals surface area contributed by atoms with E-state index < -0.39 is 0 Å². The van der Waals surface area contributed by atoms with Crippen molar-refractivity contribution in [1.82, 2.24) is 0 Å². The zero-order valence-electron chi connectivity index (χ0n) is 10.5. The topological polar surface area (TPSA) is 35.2 Å². The Balaban J connectivity index is 2.37. The Kier molecular flexibility index (Phi) is 3.78. The lowest BCUT2D eigenvalue weighted by Crippen LogP contribution is -1.94. The third-order valence-corrected chi connectivity index (χ3v) is 3.20. The van der Waals surface area contributed by atoms with Crippen molar-refractivity contribution >= 4 is 17.3 Å². The van der Waals surface area contributed by atoms with Gasteiger partial charge in [-0.15, -0.1) is 0 Å². The predicted molar refractivity (Wildman–Crippen MR) is 76.5 cm³/mol. The quantitative estimate of drug-likeness (QED) is 0.821. The van der Waals surface area contributed by atoms with Crippen LogP contribution in [-0.4, -0.2) is 0 Å². The molecule has 0 aromatic heterocycles. The highest BCUT2D eigenvalue weighted by Crippen LogP contribution is 2.33. The van der Waals surface area contributed by atoms with Crippen LogP contribution in [0.5, 0.6) is 11.5 Å². The first-order valence-corrected chi connectivity index (χ1v) is 6.31. The summed E-state index contributed by atoms with van der Waals surface area (Å²) in [4.78, 5) is 0. The number of ether oxygens (including phenoxy) is 1. The van der Waals surface area contributed by atoms with E-state index in [0.29, 0.717) is 10.7 Å². The van der Waals surface area contributed by atoms with E-state index in [-0.39, 0.29) is 0 Å². The van der Waals surface area contributed by atoms with Gasteiger partial charge in [0.2, 0.25) is 0 Å². The van der Waals surface area contributed by atoms with Gasteiger partial charge in [0.05, 0.1) is 10.7 Å². The molecule has 3 heteroatoms. The molecule has 0 amide bonds. The average Bonchev–Trinajstić information content (AvgIpc) is 2.36. The monoisotopic (exact) mass is 261 g/mol. The van der Waals surface area contributed by atoms with Gasteiger partial charge in [-0.3, -0.25) is 0 Å². The maximum absolute atomic E-state index is 6.02. The van der Waals surface area contributed by atoms with Crippen LogP contribution in [0.4, 0.5) is 5.69 Å². The number of nitrogen functional groups attached to an aromatic ring is 1. The highest BCUT2D eigenvalue weighted by Gasteiger charge is 2.08. The molecule has 0 unspecified atom stereocenters. The molecule has 2 N–H and O–H groups in total. The molecule has 94 valence electrons. The lowest BCUT2D eigenvalue weighted by molar-refractivity contribution is 0.473. The number of rotatable bonds is 3. The lowest BCUT2D eigenvalue weighted by atomic mass is 10.1. The van der Waals surface area contributed by atoms with Gasteiger partial charge in [-0.1, -0.05) is 36.7 Å². The highest BCUT2D eigenvalue weighted by atomic mass is 35.5. The molecule has 2 aromatic rings. The molecule has 0 saturated carbocycles. The van der Waals surface area contributed by atoms with Crippen molar-refractivity contribution < 1.29 is 4.74 Å². The first-order valence-electron chi connectivity index (χ1n) is 5.93. The number of aryl methyl sites for hydroxylation is 2. The van der Waals surface area contributed by atoms with Gasteiger partial charge in [0.1, 0.15) is 11.5 Å². The number of hydrogen-bond acceptors (Lipinski definition) is 2. The van der Waals surface area contributed by atoms with Gasteiger partial charge in [-0.05, 0) is 36.6 Å². The van der Waals surface area contributed by atoms with Crippen LogP contribution in [0.1, 0.15) is 18.1 Å². The summed E-state index contributed by atoms with van der Waals surface area (Å²) in [5.74, 6) is 1.61. The van der Waals surface area contributed by atoms with Crippen LogP contribution in [0.25, 0.3) is 0 Å². The summed E-state index contributed by atoms with van der Waals surface area (Å²) >= 11 is 6.02. The maximum atomic E-state index is 6.02. The predicted octanol–water partition coefficient (Wildman–Crippen LogP) is 4.59. The number of para-hydroxylation sites is 1. The van der Waals surface area contributed by atoms with E-state index in [4.69, 9.17) is 22.1 Å². The number of nitrogens with two attached hydrogens (primary N) is 1. The summed E-state index contributed by atoms with van der Waals surface area (Å²) < 4.78 is 5.93. The molecular formula is C15H16ClNO. The second kappa shape index (κ2) is 5.32. The fourth-order valence-corrected chi connectivity index (χ4v) is 1.96. The van der Waals surface area contributed by atoms with Crippen LogP contribution < -0.4 is 10.5 Å². The normalized spacial score (nSPS) is 10.4. The van der Waals surface area contributed by atoms with Crippen molar-refractivity contribution in [2.24, 2.45) is 0 Å². The number of hydrogen-bond donors (Lipinski definition) is 1. The minimum absolute atomic E-state index is 0.518.